The average molecular weight is 239 g/mol. The van der Waals surface area contributed by atoms with Gasteiger partial charge in [-0.15, -0.1) is 0 Å². The molecule has 0 fully saturated rings. The van der Waals surface area contributed by atoms with Crippen molar-refractivity contribution in [3.8, 4) is 0 Å². The fourth-order valence-electron chi connectivity index (χ4n) is 2.54. The van der Waals surface area contributed by atoms with Crippen LogP contribution < -0.4 is 0 Å². The Morgan fingerprint density at radius 1 is 0.944 bits per heavy atom. The van der Waals surface area contributed by atoms with E-state index in [1.54, 1.807) is 0 Å². The van der Waals surface area contributed by atoms with Crippen LogP contribution in [-0.4, -0.2) is 0 Å². The smallest absolute Gasteiger partial charge is 0.0146 e. The summed E-state index contributed by atoms with van der Waals surface area (Å²) in [4.78, 5) is 0. The van der Waals surface area contributed by atoms with Gasteiger partial charge in [0.15, 0.2) is 0 Å². The lowest BCUT2D eigenvalue weighted by molar-refractivity contribution is 0.608. The maximum atomic E-state index is 3.19. The van der Waals surface area contributed by atoms with Gasteiger partial charge in [-0.3, -0.25) is 0 Å². The SMILES string of the molecule is CCCCCCCCc1cccc2cc[c]cc12. The number of unbranched alkanes of at least 4 members (excludes halogenated alkanes) is 5. The molecule has 2 rings (SSSR count). The van der Waals surface area contributed by atoms with Gasteiger partial charge < -0.3 is 0 Å². The molecule has 0 aliphatic rings. The van der Waals surface area contributed by atoms with Gasteiger partial charge in [0.2, 0.25) is 0 Å². The number of benzene rings is 2. The maximum absolute atomic E-state index is 3.19. The van der Waals surface area contributed by atoms with Crippen LogP contribution in [-0.2, 0) is 6.42 Å². The van der Waals surface area contributed by atoms with Gasteiger partial charge in [0, 0.05) is 0 Å². The van der Waals surface area contributed by atoms with Gasteiger partial charge in [0.05, 0.1) is 0 Å². The molecule has 0 unspecified atom stereocenters. The minimum absolute atomic E-state index is 1.21. The van der Waals surface area contributed by atoms with Gasteiger partial charge in [-0.25, -0.2) is 0 Å². The van der Waals surface area contributed by atoms with Crippen LogP contribution in [0.5, 0.6) is 0 Å². The van der Waals surface area contributed by atoms with E-state index in [2.05, 4.69) is 43.3 Å². The second-order valence-electron chi connectivity index (χ2n) is 5.08. The highest BCUT2D eigenvalue weighted by Gasteiger charge is 1.99. The molecule has 0 saturated carbocycles. The molecule has 0 N–H and O–H groups in total. The summed E-state index contributed by atoms with van der Waals surface area (Å²) in [5, 5.41) is 2.73. The molecule has 0 heteroatoms. The summed E-state index contributed by atoms with van der Waals surface area (Å²) >= 11 is 0. The quantitative estimate of drug-likeness (QED) is 0.556. The number of hydrogen-bond donors (Lipinski definition) is 0. The first-order valence-corrected chi connectivity index (χ1v) is 7.29. The third kappa shape index (κ3) is 3.60. The predicted molar refractivity (Wildman–Crippen MR) is 79.9 cm³/mol. The summed E-state index contributed by atoms with van der Waals surface area (Å²) in [6.07, 6.45) is 9.42. The topological polar surface area (TPSA) is 0 Å². The Labute approximate surface area is 111 Å². The fourth-order valence-corrected chi connectivity index (χ4v) is 2.54. The van der Waals surface area contributed by atoms with E-state index in [0.717, 1.165) is 0 Å². The van der Waals surface area contributed by atoms with Crippen molar-refractivity contribution in [3.63, 3.8) is 0 Å². The van der Waals surface area contributed by atoms with Crippen LogP contribution in [0.25, 0.3) is 10.8 Å². The van der Waals surface area contributed by atoms with Crippen LogP contribution in [0, 0.1) is 6.07 Å². The summed E-state index contributed by atoms with van der Waals surface area (Å²) in [5.74, 6) is 0. The van der Waals surface area contributed by atoms with Gasteiger partial charge in [0.25, 0.3) is 0 Å². The van der Waals surface area contributed by atoms with Crippen molar-refractivity contribution in [2.24, 2.45) is 0 Å². The standard InChI is InChI=1S/C18H23/c1-2-3-4-5-6-7-11-16-13-10-14-17-12-8-9-15-18(16)17/h8,10,12-15H,2-7,11H2,1H3. The zero-order valence-corrected chi connectivity index (χ0v) is 11.4. The van der Waals surface area contributed by atoms with E-state index in [1.165, 1.54) is 61.3 Å². The summed E-state index contributed by atoms with van der Waals surface area (Å²) < 4.78 is 0. The summed E-state index contributed by atoms with van der Waals surface area (Å²) in [5.41, 5.74) is 1.49. The summed E-state index contributed by atoms with van der Waals surface area (Å²) in [6, 6.07) is 16.1. The maximum Gasteiger partial charge on any atom is -0.0146 e. The molecule has 0 aromatic heterocycles. The molecule has 0 aliphatic carbocycles. The van der Waals surface area contributed by atoms with E-state index < -0.39 is 0 Å². The lowest BCUT2D eigenvalue weighted by Gasteiger charge is -2.06. The lowest BCUT2D eigenvalue weighted by Crippen LogP contribution is -1.88. The first-order chi connectivity index (χ1) is 8.92. The largest absolute Gasteiger partial charge is 0.0654 e. The molecular weight excluding hydrogens is 216 g/mol. The van der Waals surface area contributed by atoms with Gasteiger partial charge >= 0.3 is 0 Å². The van der Waals surface area contributed by atoms with Crippen molar-refractivity contribution in [1.29, 1.82) is 0 Å². The fraction of sp³-hybridized carbons (Fsp3) is 0.444. The molecule has 0 spiro atoms. The van der Waals surface area contributed by atoms with Crippen molar-refractivity contribution in [2.75, 3.05) is 0 Å². The summed E-state index contributed by atoms with van der Waals surface area (Å²) in [7, 11) is 0. The number of rotatable bonds is 7. The molecular formula is C18H23. The minimum atomic E-state index is 1.21. The van der Waals surface area contributed by atoms with Crippen LogP contribution in [0.2, 0.25) is 0 Å². The van der Waals surface area contributed by atoms with Gasteiger partial charge in [-0.2, -0.15) is 0 Å². The highest BCUT2D eigenvalue weighted by molar-refractivity contribution is 5.85. The molecule has 0 aliphatic heterocycles. The molecule has 0 nitrogen and oxygen atoms in total. The Kier molecular flexibility index (Phi) is 5.26. The van der Waals surface area contributed by atoms with E-state index in [1.807, 2.05) is 6.07 Å². The minimum Gasteiger partial charge on any atom is -0.0654 e. The Morgan fingerprint density at radius 3 is 2.67 bits per heavy atom. The van der Waals surface area contributed by atoms with E-state index in [9.17, 15) is 0 Å². The van der Waals surface area contributed by atoms with E-state index in [-0.39, 0.29) is 0 Å². The van der Waals surface area contributed by atoms with E-state index in [4.69, 9.17) is 0 Å². The molecule has 18 heavy (non-hydrogen) atoms. The third-order valence-corrected chi connectivity index (χ3v) is 3.62. The zero-order chi connectivity index (χ0) is 12.6. The van der Waals surface area contributed by atoms with Crippen LogP contribution in [0.3, 0.4) is 0 Å². The monoisotopic (exact) mass is 239 g/mol. The van der Waals surface area contributed by atoms with Gasteiger partial charge in [-0.05, 0) is 41.3 Å². The van der Waals surface area contributed by atoms with E-state index in [0.29, 0.717) is 0 Å². The average Bonchev–Trinajstić information content (AvgIpc) is 2.43. The lowest BCUT2D eigenvalue weighted by atomic mass is 9.99. The summed E-state index contributed by atoms with van der Waals surface area (Å²) in [6.45, 7) is 2.27. The Hall–Kier alpha value is -1.30. The predicted octanol–water partition coefficient (Wildman–Crippen LogP) is 5.54. The first-order valence-electron chi connectivity index (χ1n) is 7.29. The van der Waals surface area contributed by atoms with Gasteiger partial charge in [0.1, 0.15) is 0 Å². The van der Waals surface area contributed by atoms with Crippen LogP contribution in [0.15, 0.2) is 36.4 Å². The molecule has 0 saturated heterocycles. The first kappa shape index (κ1) is 13.1. The van der Waals surface area contributed by atoms with Crippen molar-refractivity contribution in [1.82, 2.24) is 0 Å². The Balaban J connectivity index is 1.88. The molecule has 1 radical (unpaired) electrons. The van der Waals surface area contributed by atoms with Crippen molar-refractivity contribution in [3.05, 3.63) is 48.0 Å². The third-order valence-electron chi connectivity index (χ3n) is 3.62. The van der Waals surface area contributed by atoms with Crippen LogP contribution in [0.4, 0.5) is 0 Å². The number of aryl methyl sites for hydroxylation is 1. The van der Waals surface area contributed by atoms with E-state index >= 15 is 0 Å². The molecule has 95 valence electrons. The number of fused-ring (bicyclic) bond motifs is 1. The molecule has 0 bridgehead atoms. The molecule has 0 heterocycles. The normalized spacial score (nSPS) is 10.9. The molecule has 2 aromatic carbocycles. The molecule has 0 atom stereocenters. The Bertz CT molecular complexity index is 465. The van der Waals surface area contributed by atoms with Crippen LogP contribution >= 0.6 is 0 Å². The number of hydrogen-bond acceptors (Lipinski definition) is 0. The highest BCUT2D eigenvalue weighted by Crippen LogP contribution is 2.20. The van der Waals surface area contributed by atoms with Crippen molar-refractivity contribution in [2.45, 2.75) is 51.9 Å². The van der Waals surface area contributed by atoms with Crippen molar-refractivity contribution < 1.29 is 0 Å². The Morgan fingerprint density at radius 2 is 1.78 bits per heavy atom. The highest BCUT2D eigenvalue weighted by atomic mass is 14.0. The van der Waals surface area contributed by atoms with Crippen LogP contribution in [0.1, 0.15) is 51.0 Å². The second-order valence-corrected chi connectivity index (χ2v) is 5.08. The molecule has 2 aromatic rings. The molecule has 0 amide bonds. The second kappa shape index (κ2) is 7.20. The van der Waals surface area contributed by atoms with Gasteiger partial charge in [-0.1, -0.05) is 69.4 Å². The van der Waals surface area contributed by atoms with Crippen molar-refractivity contribution >= 4 is 10.8 Å². The zero-order valence-electron chi connectivity index (χ0n) is 11.4.